The molecule has 0 atom stereocenters. The minimum atomic E-state index is 0.660. The van der Waals surface area contributed by atoms with Gasteiger partial charge in [0, 0.05) is 27.2 Å². The fourth-order valence-electron chi connectivity index (χ4n) is 3.12. The fraction of sp³-hybridized carbons (Fsp3) is 0.650. The number of ether oxygens (including phenoxy) is 1. The van der Waals surface area contributed by atoms with E-state index >= 15 is 0 Å². The van der Waals surface area contributed by atoms with Gasteiger partial charge >= 0.3 is 0 Å². The van der Waals surface area contributed by atoms with Crippen LogP contribution in [0, 0.1) is 5.92 Å². The van der Waals surface area contributed by atoms with E-state index in [2.05, 4.69) is 51.7 Å². The second kappa shape index (κ2) is 11.1. The van der Waals surface area contributed by atoms with Crippen LogP contribution < -0.4 is 10.6 Å². The van der Waals surface area contributed by atoms with Gasteiger partial charge in [-0.2, -0.15) is 0 Å². The van der Waals surface area contributed by atoms with E-state index in [0.29, 0.717) is 6.61 Å². The highest BCUT2D eigenvalue weighted by molar-refractivity contribution is 5.79. The van der Waals surface area contributed by atoms with Gasteiger partial charge < -0.3 is 20.3 Å². The Morgan fingerprint density at radius 3 is 2.48 bits per heavy atom. The SMILES string of the molecule is CN=C(NCCCN1CCC(C)CC1)NCc1ccc(COC)cc1. The van der Waals surface area contributed by atoms with Gasteiger partial charge in [-0.25, -0.2) is 0 Å². The normalized spacial score (nSPS) is 16.8. The maximum absolute atomic E-state index is 5.14. The molecule has 1 aromatic carbocycles. The first-order chi connectivity index (χ1) is 12.2. The monoisotopic (exact) mass is 346 g/mol. The van der Waals surface area contributed by atoms with Crippen molar-refractivity contribution in [2.24, 2.45) is 10.9 Å². The van der Waals surface area contributed by atoms with E-state index in [9.17, 15) is 0 Å². The Morgan fingerprint density at radius 2 is 1.84 bits per heavy atom. The molecule has 1 fully saturated rings. The predicted molar refractivity (Wildman–Crippen MR) is 105 cm³/mol. The summed E-state index contributed by atoms with van der Waals surface area (Å²) in [4.78, 5) is 6.89. The molecule has 0 radical (unpaired) electrons. The number of rotatable bonds is 8. The van der Waals surface area contributed by atoms with Gasteiger partial charge in [0.2, 0.25) is 0 Å². The van der Waals surface area contributed by atoms with Crippen LogP contribution in [0.5, 0.6) is 0 Å². The first-order valence-electron chi connectivity index (χ1n) is 9.45. The maximum atomic E-state index is 5.14. The molecule has 0 aromatic heterocycles. The molecule has 0 bridgehead atoms. The molecule has 2 N–H and O–H groups in total. The summed E-state index contributed by atoms with van der Waals surface area (Å²) in [5.41, 5.74) is 2.44. The van der Waals surface area contributed by atoms with Gasteiger partial charge in [-0.05, 0) is 55.9 Å². The zero-order chi connectivity index (χ0) is 17.9. The first kappa shape index (κ1) is 19.7. The van der Waals surface area contributed by atoms with Crippen molar-refractivity contribution in [1.29, 1.82) is 0 Å². The third-order valence-electron chi connectivity index (χ3n) is 4.84. The van der Waals surface area contributed by atoms with Gasteiger partial charge in [0.15, 0.2) is 5.96 Å². The van der Waals surface area contributed by atoms with Crippen LogP contribution in [0.4, 0.5) is 0 Å². The summed E-state index contributed by atoms with van der Waals surface area (Å²) < 4.78 is 5.14. The summed E-state index contributed by atoms with van der Waals surface area (Å²) in [6.45, 7) is 8.44. The maximum Gasteiger partial charge on any atom is 0.191 e. The third kappa shape index (κ3) is 7.45. The predicted octanol–water partition coefficient (Wildman–Crippen LogP) is 2.62. The Hall–Kier alpha value is -1.59. The van der Waals surface area contributed by atoms with E-state index in [1.54, 1.807) is 7.11 Å². The number of benzene rings is 1. The summed E-state index contributed by atoms with van der Waals surface area (Å²) in [6, 6.07) is 8.48. The molecule has 1 aliphatic rings. The van der Waals surface area contributed by atoms with Crippen molar-refractivity contribution in [2.45, 2.75) is 39.3 Å². The van der Waals surface area contributed by atoms with Crippen LogP contribution in [-0.4, -0.2) is 51.2 Å². The Morgan fingerprint density at radius 1 is 1.16 bits per heavy atom. The lowest BCUT2D eigenvalue weighted by atomic mass is 9.99. The van der Waals surface area contributed by atoms with Crippen molar-refractivity contribution in [3.05, 3.63) is 35.4 Å². The molecule has 2 rings (SSSR count). The molecule has 1 heterocycles. The van der Waals surface area contributed by atoms with Crippen LogP contribution >= 0.6 is 0 Å². The number of methoxy groups -OCH3 is 1. The van der Waals surface area contributed by atoms with E-state index in [1.807, 2.05) is 7.05 Å². The third-order valence-corrected chi connectivity index (χ3v) is 4.84. The van der Waals surface area contributed by atoms with Crippen LogP contribution in [0.3, 0.4) is 0 Å². The molecule has 0 saturated carbocycles. The van der Waals surface area contributed by atoms with Crippen molar-refractivity contribution < 1.29 is 4.74 Å². The molecule has 1 aromatic rings. The Balaban J connectivity index is 1.61. The highest BCUT2D eigenvalue weighted by atomic mass is 16.5. The van der Waals surface area contributed by atoms with Crippen LogP contribution in [0.2, 0.25) is 0 Å². The minimum Gasteiger partial charge on any atom is -0.380 e. The molecule has 1 aliphatic heterocycles. The highest BCUT2D eigenvalue weighted by Crippen LogP contribution is 2.15. The van der Waals surface area contributed by atoms with Gasteiger partial charge in [0.25, 0.3) is 0 Å². The van der Waals surface area contributed by atoms with Crippen LogP contribution in [0.15, 0.2) is 29.3 Å². The largest absolute Gasteiger partial charge is 0.380 e. The van der Waals surface area contributed by atoms with Crippen molar-refractivity contribution >= 4 is 5.96 Å². The van der Waals surface area contributed by atoms with E-state index < -0.39 is 0 Å². The molecule has 0 amide bonds. The Bertz CT molecular complexity index is 507. The van der Waals surface area contributed by atoms with Crippen molar-refractivity contribution in [2.75, 3.05) is 40.3 Å². The lowest BCUT2D eigenvalue weighted by molar-refractivity contribution is 0.185. The molecule has 25 heavy (non-hydrogen) atoms. The molecule has 0 unspecified atom stereocenters. The van der Waals surface area contributed by atoms with Gasteiger partial charge in [-0.1, -0.05) is 31.2 Å². The highest BCUT2D eigenvalue weighted by Gasteiger charge is 2.14. The molecule has 140 valence electrons. The van der Waals surface area contributed by atoms with Crippen LogP contribution in [-0.2, 0) is 17.9 Å². The number of hydrogen-bond acceptors (Lipinski definition) is 3. The van der Waals surface area contributed by atoms with Gasteiger partial charge in [0.1, 0.15) is 0 Å². The lowest BCUT2D eigenvalue weighted by Gasteiger charge is -2.30. The van der Waals surface area contributed by atoms with E-state index in [-0.39, 0.29) is 0 Å². The summed E-state index contributed by atoms with van der Waals surface area (Å²) in [6.07, 6.45) is 3.85. The fourth-order valence-corrected chi connectivity index (χ4v) is 3.12. The van der Waals surface area contributed by atoms with Gasteiger partial charge in [-0.15, -0.1) is 0 Å². The molecular weight excluding hydrogens is 312 g/mol. The quantitative estimate of drug-likeness (QED) is 0.432. The standard InChI is InChI=1S/C20H34N4O/c1-17-9-13-24(14-10-17)12-4-11-22-20(21-2)23-15-18-5-7-19(8-6-18)16-25-3/h5-8,17H,4,9-16H2,1-3H3,(H2,21,22,23). The zero-order valence-corrected chi connectivity index (χ0v) is 16.1. The smallest absolute Gasteiger partial charge is 0.191 e. The van der Waals surface area contributed by atoms with Crippen LogP contribution in [0.1, 0.15) is 37.3 Å². The minimum absolute atomic E-state index is 0.660. The van der Waals surface area contributed by atoms with Crippen molar-refractivity contribution in [3.8, 4) is 0 Å². The topological polar surface area (TPSA) is 48.9 Å². The summed E-state index contributed by atoms with van der Waals surface area (Å²) in [7, 11) is 3.54. The zero-order valence-electron chi connectivity index (χ0n) is 16.1. The number of nitrogens with zero attached hydrogens (tertiary/aromatic N) is 2. The molecule has 0 spiro atoms. The first-order valence-corrected chi connectivity index (χ1v) is 9.45. The molecular formula is C20H34N4O. The molecule has 0 aliphatic carbocycles. The number of aliphatic imine (C=N–C) groups is 1. The van der Waals surface area contributed by atoms with E-state index in [1.165, 1.54) is 43.6 Å². The summed E-state index contributed by atoms with van der Waals surface area (Å²) in [5, 5.41) is 6.79. The van der Waals surface area contributed by atoms with Crippen molar-refractivity contribution in [3.63, 3.8) is 0 Å². The number of likely N-dealkylation sites (tertiary alicyclic amines) is 1. The van der Waals surface area contributed by atoms with E-state index in [4.69, 9.17) is 4.74 Å². The average Bonchev–Trinajstić information content (AvgIpc) is 2.64. The van der Waals surface area contributed by atoms with Crippen molar-refractivity contribution in [1.82, 2.24) is 15.5 Å². The van der Waals surface area contributed by atoms with E-state index in [0.717, 1.165) is 31.4 Å². The molecule has 5 nitrogen and oxygen atoms in total. The number of hydrogen-bond donors (Lipinski definition) is 2. The molecule has 1 saturated heterocycles. The molecule has 5 heteroatoms. The lowest BCUT2D eigenvalue weighted by Crippen LogP contribution is -2.39. The van der Waals surface area contributed by atoms with Gasteiger partial charge in [0.05, 0.1) is 6.61 Å². The number of guanidine groups is 1. The van der Waals surface area contributed by atoms with Crippen LogP contribution in [0.25, 0.3) is 0 Å². The summed E-state index contributed by atoms with van der Waals surface area (Å²) in [5.74, 6) is 1.77. The second-order valence-corrected chi connectivity index (χ2v) is 6.98. The van der Waals surface area contributed by atoms with Gasteiger partial charge in [-0.3, -0.25) is 4.99 Å². The number of nitrogens with one attached hydrogen (secondary N) is 2. The number of piperidine rings is 1. The second-order valence-electron chi connectivity index (χ2n) is 6.98. The average molecular weight is 347 g/mol. The Labute approximate surface area is 152 Å². The Kier molecular flexibility index (Phi) is 8.77. The summed E-state index contributed by atoms with van der Waals surface area (Å²) >= 11 is 0.